The summed E-state index contributed by atoms with van der Waals surface area (Å²) in [5.41, 5.74) is 0.710. The van der Waals surface area contributed by atoms with Crippen molar-refractivity contribution in [1.82, 2.24) is 0 Å². The third-order valence-electron chi connectivity index (χ3n) is 6.96. The van der Waals surface area contributed by atoms with Crippen molar-refractivity contribution in [2.24, 2.45) is 22.2 Å². The Morgan fingerprint density at radius 3 is 2.60 bits per heavy atom. The molecule has 3 N–H and O–H groups in total. The molecule has 8 heteroatoms. The van der Waals surface area contributed by atoms with Gasteiger partial charge in [-0.2, -0.15) is 0 Å². The fraction of sp³-hybridized carbons (Fsp3) is 0.667. The molecule has 0 bridgehead atoms. The molecule has 2 rings (SSSR count). The molecule has 6 atom stereocenters. The van der Waals surface area contributed by atoms with Crippen molar-refractivity contribution in [2.75, 3.05) is 12.4 Å². The van der Waals surface area contributed by atoms with E-state index in [1.165, 1.54) is 11.8 Å². The third-order valence-corrected chi connectivity index (χ3v) is 8.03. The third kappa shape index (κ3) is 8.13. The number of hydrogen-bond donors (Lipinski definition) is 3. The minimum atomic E-state index is -1.25. The van der Waals surface area contributed by atoms with Crippen LogP contribution in [0.4, 0.5) is 0 Å². The molecule has 35 heavy (non-hydrogen) atoms. The first-order valence-corrected chi connectivity index (χ1v) is 13.3. The number of thioether (sulfide) groups is 1. The Kier molecular flexibility index (Phi) is 10.9. The maximum absolute atomic E-state index is 13.2. The molecule has 1 unspecified atom stereocenters. The van der Waals surface area contributed by atoms with Crippen molar-refractivity contribution in [3.8, 4) is 0 Å². The van der Waals surface area contributed by atoms with Gasteiger partial charge in [0.25, 0.3) is 0 Å². The molecule has 2 aliphatic rings. The van der Waals surface area contributed by atoms with Crippen LogP contribution in [-0.4, -0.2) is 68.8 Å². The molecule has 0 spiro atoms. The highest BCUT2D eigenvalue weighted by molar-refractivity contribution is 8.14. The number of carbonyl (C=O) groups is 2. The highest BCUT2D eigenvalue weighted by Crippen LogP contribution is 2.32. The summed E-state index contributed by atoms with van der Waals surface area (Å²) in [6.07, 6.45) is 6.04. The molecule has 0 amide bonds. The zero-order valence-electron chi connectivity index (χ0n) is 21.7. The first kappa shape index (κ1) is 29.5. The number of nitrogens with zero attached hydrogens (tertiary/aromatic N) is 1. The molecule has 0 radical (unpaired) electrons. The standard InChI is InChI=1S/C27H41NO6S/c1-16-8-7-9-17(2)25(32)19(4)26(33)27(5,6)22(30)13-24(31)34-21(11-10-16)18(3)12-20-15-35-23(14-29)28-20/h7,9-10,12,17,19-22,25,29-30,32H,8,11,13-15H2,1-6H3/b9-7+,16-10-,18-12+/t17-,19+,20?,21-,22-,25-/m0/s1. The van der Waals surface area contributed by atoms with Crippen LogP contribution in [0.1, 0.15) is 60.8 Å². The first-order valence-electron chi connectivity index (χ1n) is 12.3. The molecule has 0 aromatic carbocycles. The van der Waals surface area contributed by atoms with Crippen LogP contribution >= 0.6 is 11.8 Å². The summed E-state index contributed by atoms with van der Waals surface area (Å²) in [6, 6.07) is -0.0919. The zero-order chi connectivity index (χ0) is 26.3. The predicted molar refractivity (Wildman–Crippen MR) is 140 cm³/mol. The maximum Gasteiger partial charge on any atom is 0.309 e. The van der Waals surface area contributed by atoms with Crippen LogP contribution in [0.5, 0.6) is 0 Å². The topological polar surface area (TPSA) is 116 Å². The molecule has 196 valence electrons. The minimum absolute atomic E-state index is 0.0808. The maximum atomic E-state index is 13.2. The number of allylic oxidation sites excluding steroid dienone is 2. The fourth-order valence-electron chi connectivity index (χ4n) is 4.31. The minimum Gasteiger partial charge on any atom is -0.457 e. The molecular weight excluding hydrogens is 466 g/mol. The second-order valence-electron chi connectivity index (χ2n) is 10.3. The van der Waals surface area contributed by atoms with Gasteiger partial charge in [-0.3, -0.25) is 14.6 Å². The average Bonchev–Trinajstić information content (AvgIpc) is 3.26. The number of ether oxygens (including phenoxy) is 1. The molecule has 0 aromatic rings. The first-order chi connectivity index (χ1) is 16.4. The molecule has 2 heterocycles. The van der Waals surface area contributed by atoms with Crippen LogP contribution < -0.4 is 0 Å². The lowest BCUT2D eigenvalue weighted by Crippen LogP contribution is -2.45. The summed E-state index contributed by atoms with van der Waals surface area (Å²) in [5, 5.41) is 31.5. The van der Waals surface area contributed by atoms with E-state index in [1.807, 2.05) is 45.1 Å². The van der Waals surface area contributed by atoms with Gasteiger partial charge in [0.05, 0.1) is 41.7 Å². The van der Waals surface area contributed by atoms with Crippen LogP contribution in [0.2, 0.25) is 0 Å². The Bertz CT molecular complexity index is 890. The molecule has 0 saturated carbocycles. The Morgan fingerprint density at radius 1 is 1.29 bits per heavy atom. The van der Waals surface area contributed by atoms with Gasteiger partial charge >= 0.3 is 5.97 Å². The average molecular weight is 508 g/mol. The Morgan fingerprint density at radius 2 is 1.97 bits per heavy atom. The molecule has 2 aliphatic heterocycles. The van der Waals surface area contributed by atoms with E-state index in [-0.39, 0.29) is 30.8 Å². The van der Waals surface area contributed by atoms with Crippen molar-refractivity contribution in [2.45, 2.75) is 85.2 Å². The van der Waals surface area contributed by atoms with Crippen LogP contribution in [-0.2, 0) is 14.3 Å². The molecule has 0 saturated heterocycles. The Balaban J connectivity index is 2.34. The number of aliphatic imine (C=N–C) groups is 1. The summed E-state index contributed by atoms with van der Waals surface area (Å²) >= 11 is 1.51. The van der Waals surface area contributed by atoms with Crippen LogP contribution in [0.15, 0.2) is 40.4 Å². The van der Waals surface area contributed by atoms with Crippen molar-refractivity contribution in [3.05, 3.63) is 35.5 Å². The van der Waals surface area contributed by atoms with E-state index >= 15 is 0 Å². The summed E-state index contributed by atoms with van der Waals surface area (Å²) in [5.74, 6) is -1.09. The number of carbonyl (C=O) groups excluding carboxylic acids is 2. The summed E-state index contributed by atoms with van der Waals surface area (Å²) in [7, 11) is 0. The summed E-state index contributed by atoms with van der Waals surface area (Å²) in [6.45, 7) is 10.5. The lowest BCUT2D eigenvalue weighted by molar-refractivity contribution is -0.154. The zero-order valence-corrected chi connectivity index (χ0v) is 22.5. The van der Waals surface area contributed by atoms with Gasteiger partial charge < -0.3 is 20.1 Å². The Labute approximate surface area is 213 Å². The van der Waals surface area contributed by atoms with Gasteiger partial charge in [-0.1, -0.05) is 57.6 Å². The number of ketones is 1. The van der Waals surface area contributed by atoms with Crippen molar-refractivity contribution in [3.63, 3.8) is 0 Å². The van der Waals surface area contributed by atoms with Gasteiger partial charge in [0.1, 0.15) is 11.9 Å². The van der Waals surface area contributed by atoms with Gasteiger partial charge in [0, 0.05) is 24.0 Å². The van der Waals surface area contributed by atoms with E-state index in [0.29, 0.717) is 17.9 Å². The van der Waals surface area contributed by atoms with Gasteiger partial charge in [0.15, 0.2) is 0 Å². The number of aliphatic hydroxyl groups is 3. The summed E-state index contributed by atoms with van der Waals surface area (Å²) < 4.78 is 5.79. The molecular formula is C27H41NO6S. The molecule has 7 nitrogen and oxygen atoms in total. The van der Waals surface area contributed by atoms with Crippen molar-refractivity contribution >= 4 is 28.6 Å². The van der Waals surface area contributed by atoms with Crippen molar-refractivity contribution in [1.29, 1.82) is 0 Å². The number of rotatable bonds is 3. The number of cyclic esters (lactones) is 1. The van der Waals surface area contributed by atoms with Crippen LogP contribution in [0.3, 0.4) is 0 Å². The van der Waals surface area contributed by atoms with E-state index in [1.54, 1.807) is 20.8 Å². The number of aliphatic hydroxyl groups excluding tert-OH is 3. The molecule has 0 aromatic heterocycles. The van der Waals surface area contributed by atoms with E-state index in [2.05, 4.69) is 4.99 Å². The highest BCUT2D eigenvalue weighted by Gasteiger charge is 2.42. The van der Waals surface area contributed by atoms with E-state index < -0.39 is 35.6 Å². The van der Waals surface area contributed by atoms with Gasteiger partial charge in [-0.25, -0.2) is 0 Å². The predicted octanol–water partition coefficient (Wildman–Crippen LogP) is 3.63. The smallest absolute Gasteiger partial charge is 0.309 e. The van der Waals surface area contributed by atoms with Gasteiger partial charge in [-0.15, -0.1) is 11.8 Å². The lowest BCUT2D eigenvalue weighted by Gasteiger charge is -2.34. The number of Topliss-reactive ketones (excluding diaryl/α,β-unsaturated/α-hetero) is 1. The second-order valence-corrected chi connectivity index (χ2v) is 11.4. The van der Waals surface area contributed by atoms with E-state index in [9.17, 15) is 24.9 Å². The van der Waals surface area contributed by atoms with Gasteiger partial charge in [0.2, 0.25) is 0 Å². The SMILES string of the molecule is C/C1=C/C[C@@H](/C(C)=C/C2CSC(CO)=N2)OC(=O)C[C@H](O)C(C)(C)C(=O)[C@H](C)[C@@H](O)[C@@H](C)/C=C/C1. The van der Waals surface area contributed by atoms with E-state index in [4.69, 9.17) is 4.74 Å². The number of esters is 1. The molecule has 0 fully saturated rings. The largest absolute Gasteiger partial charge is 0.457 e. The van der Waals surface area contributed by atoms with Crippen LogP contribution in [0, 0.1) is 17.3 Å². The summed E-state index contributed by atoms with van der Waals surface area (Å²) in [4.78, 5) is 30.5. The highest BCUT2D eigenvalue weighted by atomic mass is 32.2. The fourth-order valence-corrected chi connectivity index (χ4v) is 5.14. The van der Waals surface area contributed by atoms with E-state index in [0.717, 1.165) is 16.9 Å². The van der Waals surface area contributed by atoms with Crippen LogP contribution in [0.25, 0.3) is 0 Å². The molecule has 0 aliphatic carbocycles. The monoisotopic (exact) mass is 507 g/mol. The second kappa shape index (κ2) is 13.0. The lowest BCUT2D eigenvalue weighted by atomic mass is 9.73. The van der Waals surface area contributed by atoms with Crippen molar-refractivity contribution < 1.29 is 29.6 Å². The Hall–Kier alpha value is -1.74. The number of hydrogen-bond acceptors (Lipinski definition) is 8. The normalized spacial score (nSPS) is 36.2. The van der Waals surface area contributed by atoms with Gasteiger partial charge in [-0.05, 0) is 25.8 Å². The quantitative estimate of drug-likeness (QED) is 0.395.